The fourth-order valence-corrected chi connectivity index (χ4v) is 1.74. The maximum atomic E-state index is 12.0. The van der Waals surface area contributed by atoms with Crippen molar-refractivity contribution >= 4 is 11.7 Å². The van der Waals surface area contributed by atoms with Gasteiger partial charge in [0.25, 0.3) is 5.91 Å². The highest BCUT2D eigenvalue weighted by molar-refractivity contribution is 5.92. The molecular formula is C12H17N7O. The van der Waals surface area contributed by atoms with Crippen LogP contribution in [0.15, 0.2) is 18.7 Å². The standard InChI is InChI=1S/C12H17N7O/c1-4-13-10-6-14-9(5-15-10)12(20)17-8(2)11-18-16-7-19(11)3/h5-8H,4H2,1-3H3,(H,13,15)(H,17,20). The van der Waals surface area contributed by atoms with E-state index in [2.05, 4.69) is 30.8 Å². The van der Waals surface area contributed by atoms with E-state index in [1.807, 2.05) is 20.9 Å². The lowest BCUT2D eigenvalue weighted by atomic mass is 10.3. The van der Waals surface area contributed by atoms with Crippen LogP contribution in [0, 0.1) is 0 Å². The molecule has 8 heteroatoms. The van der Waals surface area contributed by atoms with E-state index in [0.29, 0.717) is 11.6 Å². The summed E-state index contributed by atoms with van der Waals surface area (Å²) >= 11 is 0. The summed E-state index contributed by atoms with van der Waals surface area (Å²) < 4.78 is 1.75. The summed E-state index contributed by atoms with van der Waals surface area (Å²) in [6.07, 6.45) is 4.56. The van der Waals surface area contributed by atoms with Crippen LogP contribution < -0.4 is 10.6 Å². The first-order valence-corrected chi connectivity index (χ1v) is 6.32. The molecule has 0 aromatic carbocycles. The molecule has 1 atom stereocenters. The number of carbonyl (C=O) groups excluding carboxylic acids is 1. The second-order valence-corrected chi connectivity index (χ2v) is 4.31. The highest BCUT2D eigenvalue weighted by atomic mass is 16.2. The zero-order valence-corrected chi connectivity index (χ0v) is 11.7. The van der Waals surface area contributed by atoms with E-state index in [0.717, 1.165) is 6.54 Å². The van der Waals surface area contributed by atoms with Crippen molar-refractivity contribution in [2.45, 2.75) is 19.9 Å². The number of rotatable bonds is 5. The lowest BCUT2D eigenvalue weighted by molar-refractivity contribution is 0.0932. The summed E-state index contributed by atoms with van der Waals surface area (Å²) in [6, 6.07) is -0.259. The van der Waals surface area contributed by atoms with Gasteiger partial charge in [0.1, 0.15) is 17.8 Å². The number of hydrogen-bond donors (Lipinski definition) is 2. The maximum Gasteiger partial charge on any atom is 0.272 e. The van der Waals surface area contributed by atoms with Crippen molar-refractivity contribution in [1.82, 2.24) is 30.0 Å². The largest absolute Gasteiger partial charge is 0.369 e. The Morgan fingerprint density at radius 3 is 2.75 bits per heavy atom. The van der Waals surface area contributed by atoms with Gasteiger partial charge in [0, 0.05) is 13.6 Å². The predicted octanol–water partition coefficient (Wildman–Crippen LogP) is 0.528. The highest BCUT2D eigenvalue weighted by Crippen LogP contribution is 2.08. The third kappa shape index (κ3) is 3.08. The van der Waals surface area contributed by atoms with Crippen LogP contribution in [0.2, 0.25) is 0 Å². The van der Waals surface area contributed by atoms with Crippen LogP contribution in [-0.2, 0) is 7.05 Å². The quantitative estimate of drug-likeness (QED) is 0.826. The number of aryl methyl sites for hydroxylation is 1. The highest BCUT2D eigenvalue weighted by Gasteiger charge is 2.16. The van der Waals surface area contributed by atoms with E-state index in [1.165, 1.54) is 12.4 Å². The molecule has 0 bridgehead atoms. The Morgan fingerprint density at radius 1 is 1.40 bits per heavy atom. The molecule has 0 aliphatic carbocycles. The minimum Gasteiger partial charge on any atom is -0.369 e. The minimum absolute atomic E-state index is 0.259. The van der Waals surface area contributed by atoms with E-state index >= 15 is 0 Å². The second kappa shape index (κ2) is 6.09. The molecule has 1 unspecified atom stereocenters. The predicted molar refractivity (Wildman–Crippen MR) is 73.1 cm³/mol. The van der Waals surface area contributed by atoms with Crippen molar-refractivity contribution in [3.8, 4) is 0 Å². The normalized spacial score (nSPS) is 11.9. The van der Waals surface area contributed by atoms with Gasteiger partial charge in [-0.2, -0.15) is 0 Å². The summed E-state index contributed by atoms with van der Waals surface area (Å²) in [5.41, 5.74) is 0.265. The van der Waals surface area contributed by atoms with E-state index in [9.17, 15) is 4.79 Å². The van der Waals surface area contributed by atoms with Crippen LogP contribution in [0.1, 0.15) is 36.2 Å². The lowest BCUT2D eigenvalue weighted by Crippen LogP contribution is -2.29. The number of amides is 1. The van der Waals surface area contributed by atoms with Crippen LogP contribution >= 0.6 is 0 Å². The Bertz CT molecular complexity index is 578. The van der Waals surface area contributed by atoms with Crippen molar-refractivity contribution < 1.29 is 4.79 Å². The van der Waals surface area contributed by atoms with Crippen LogP contribution in [-0.4, -0.2) is 37.2 Å². The van der Waals surface area contributed by atoms with Gasteiger partial charge in [-0.15, -0.1) is 10.2 Å². The van der Waals surface area contributed by atoms with Gasteiger partial charge in [-0.3, -0.25) is 4.79 Å². The van der Waals surface area contributed by atoms with Gasteiger partial charge in [0.15, 0.2) is 5.82 Å². The molecule has 0 fully saturated rings. The smallest absolute Gasteiger partial charge is 0.272 e. The molecule has 0 radical (unpaired) electrons. The minimum atomic E-state index is -0.295. The number of hydrogen-bond acceptors (Lipinski definition) is 6. The van der Waals surface area contributed by atoms with Crippen LogP contribution in [0.25, 0.3) is 0 Å². The Morgan fingerprint density at radius 2 is 2.20 bits per heavy atom. The van der Waals surface area contributed by atoms with Crippen molar-refractivity contribution in [3.63, 3.8) is 0 Å². The summed E-state index contributed by atoms with van der Waals surface area (Å²) in [5.74, 6) is 1.03. The molecule has 2 aromatic rings. The summed E-state index contributed by atoms with van der Waals surface area (Å²) in [5, 5.41) is 13.6. The zero-order valence-electron chi connectivity index (χ0n) is 11.7. The van der Waals surface area contributed by atoms with Gasteiger partial charge in [0.2, 0.25) is 0 Å². The molecule has 1 amide bonds. The fraction of sp³-hybridized carbons (Fsp3) is 0.417. The molecule has 0 saturated carbocycles. The molecule has 2 aromatic heterocycles. The van der Waals surface area contributed by atoms with Gasteiger partial charge in [-0.25, -0.2) is 9.97 Å². The molecule has 0 aliphatic heterocycles. The van der Waals surface area contributed by atoms with Gasteiger partial charge in [-0.1, -0.05) is 0 Å². The third-order valence-corrected chi connectivity index (χ3v) is 2.72. The first-order valence-electron chi connectivity index (χ1n) is 6.32. The van der Waals surface area contributed by atoms with E-state index in [4.69, 9.17) is 0 Å². The Balaban J connectivity index is 2.03. The van der Waals surface area contributed by atoms with E-state index in [1.54, 1.807) is 10.9 Å². The molecular weight excluding hydrogens is 258 g/mol. The molecule has 0 spiro atoms. The SMILES string of the molecule is CCNc1cnc(C(=O)NC(C)c2nncn2C)cn1. The Hall–Kier alpha value is -2.51. The van der Waals surface area contributed by atoms with Gasteiger partial charge in [-0.05, 0) is 13.8 Å². The van der Waals surface area contributed by atoms with Crippen molar-refractivity contribution in [1.29, 1.82) is 0 Å². The monoisotopic (exact) mass is 275 g/mol. The van der Waals surface area contributed by atoms with E-state index < -0.39 is 0 Å². The number of anilines is 1. The molecule has 2 N–H and O–H groups in total. The van der Waals surface area contributed by atoms with Gasteiger partial charge in [0.05, 0.1) is 18.4 Å². The summed E-state index contributed by atoms with van der Waals surface area (Å²) in [7, 11) is 1.82. The number of aromatic nitrogens is 5. The number of nitrogens with zero attached hydrogens (tertiary/aromatic N) is 5. The maximum absolute atomic E-state index is 12.0. The van der Waals surface area contributed by atoms with Crippen LogP contribution in [0.5, 0.6) is 0 Å². The van der Waals surface area contributed by atoms with Crippen LogP contribution in [0.4, 0.5) is 5.82 Å². The molecule has 8 nitrogen and oxygen atoms in total. The van der Waals surface area contributed by atoms with Crippen LogP contribution in [0.3, 0.4) is 0 Å². The van der Waals surface area contributed by atoms with E-state index in [-0.39, 0.29) is 17.6 Å². The van der Waals surface area contributed by atoms with Gasteiger partial charge >= 0.3 is 0 Å². The lowest BCUT2D eigenvalue weighted by Gasteiger charge is -2.12. The van der Waals surface area contributed by atoms with Crippen molar-refractivity contribution in [2.75, 3.05) is 11.9 Å². The van der Waals surface area contributed by atoms with Gasteiger partial charge < -0.3 is 15.2 Å². The first kappa shape index (κ1) is 13.9. The van der Waals surface area contributed by atoms with Crippen molar-refractivity contribution in [2.24, 2.45) is 7.05 Å². The summed E-state index contributed by atoms with van der Waals surface area (Å²) in [6.45, 7) is 4.55. The molecule has 106 valence electrons. The topological polar surface area (TPSA) is 97.6 Å². The number of carbonyl (C=O) groups is 1. The zero-order chi connectivity index (χ0) is 14.5. The average Bonchev–Trinajstić information content (AvgIpc) is 2.86. The first-order chi connectivity index (χ1) is 9.61. The number of nitrogens with one attached hydrogen (secondary N) is 2. The average molecular weight is 275 g/mol. The molecule has 2 heterocycles. The third-order valence-electron chi connectivity index (χ3n) is 2.72. The Kier molecular flexibility index (Phi) is 4.24. The molecule has 20 heavy (non-hydrogen) atoms. The molecule has 2 rings (SSSR count). The van der Waals surface area contributed by atoms with Crippen molar-refractivity contribution in [3.05, 3.63) is 30.2 Å². The molecule has 0 saturated heterocycles. The molecule has 0 aliphatic rings. The Labute approximate surface area is 116 Å². The second-order valence-electron chi connectivity index (χ2n) is 4.31. The summed E-state index contributed by atoms with van der Waals surface area (Å²) in [4.78, 5) is 20.2. The fourth-order valence-electron chi connectivity index (χ4n) is 1.74.